The zero-order valence-electron chi connectivity index (χ0n) is 16.7. The fraction of sp³-hybridized carbons (Fsp3) is 0.182. The Kier molecular flexibility index (Phi) is 5.18. The van der Waals surface area contributed by atoms with Crippen LogP contribution in [0.5, 0.6) is 0 Å². The van der Waals surface area contributed by atoms with Crippen LogP contribution in [0, 0.1) is 6.92 Å². The molecular formula is C22H18F3N5O. The predicted octanol–water partition coefficient (Wildman–Crippen LogP) is 4.93. The second-order valence-corrected chi connectivity index (χ2v) is 7.05. The summed E-state index contributed by atoms with van der Waals surface area (Å²) >= 11 is 0. The summed E-state index contributed by atoms with van der Waals surface area (Å²) in [7, 11) is 0. The van der Waals surface area contributed by atoms with Crippen molar-refractivity contribution in [2.75, 3.05) is 5.32 Å². The number of benzene rings is 2. The lowest BCUT2D eigenvalue weighted by molar-refractivity contribution is -0.142. The summed E-state index contributed by atoms with van der Waals surface area (Å²) in [5.74, 6) is -1.43. The van der Waals surface area contributed by atoms with E-state index in [0.717, 1.165) is 23.6 Å². The topological polar surface area (TPSA) is 72.2 Å². The maximum atomic E-state index is 13.7. The number of carbonyl (C=O) groups is 1. The second-order valence-electron chi connectivity index (χ2n) is 7.05. The number of nitrogens with one attached hydrogen (secondary N) is 1. The van der Waals surface area contributed by atoms with Gasteiger partial charge in [0.05, 0.1) is 5.69 Å². The van der Waals surface area contributed by atoms with E-state index in [9.17, 15) is 18.0 Å². The molecule has 2 heterocycles. The number of hydrogen-bond acceptors (Lipinski definition) is 4. The molecule has 0 atom stereocenters. The van der Waals surface area contributed by atoms with Crippen LogP contribution in [0.2, 0.25) is 0 Å². The van der Waals surface area contributed by atoms with Gasteiger partial charge in [-0.25, -0.2) is 4.98 Å². The maximum Gasteiger partial charge on any atom is 0.433 e. The fourth-order valence-electron chi connectivity index (χ4n) is 3.09. The molecule has 0 aliphatic heterocycles. The first-order valence-corrected chi connectivity index (χ1v) is 9.57. The fourth-order valence-corrected chi connectivity index (χ4v) is 3.09. The van der Waals surface area contributed by atoms with Crippen molar-refractivity contribution in [3.8, 4) is 11.3 Å². The van der Waals surface area contributed by atoms with Crippen molar-refractivity contribution in [2.24, 2.45) is 0 Å². The van der Waals surface area contributed by atoms with E-state index in [1.165, 1.54) is 0 Å². The van der Waals surface area contributed by atoms with Gasteiger partial charge in [-0.05, 0) is 37.1 Å². The van der Waals surface area contributed by atoms with Crippen LogP contribution >= 0.6 is 0 Å². The van der Waals surface area contributed by atoms with Crippen LogP contribution in [-0.2, 0) is 12.6 Å². The van der Waals surface area contributed by atoms with Crippen molar-refractivity contribution in [3.05, 3.63) is 77.2 Å². The number of alkyl halides is 3. The highest BCUT2D eigenvalue weighted by atomic mass is 19.4. The molecule has 0 saturated heterocycles. The van der Waals surface area contributed by atoms with Gasteiger partial charge in [0.15, 0.2) is 5.69 Å². The van der Waals surface area contributed by atoms with Crippen molar-refractivity contribution in [3.63, 3.8) is 0 Å². The summed E-state index contributed by atoms with van der Waals surface area (Å²) in [4.78, 5) is 20.7. The molecule has 0 fully saturated rings. The number of halogens is 3. The third-order valence-electron chi connectivity index (χ3n) is 4.75. The Labute approximate surface area is 175 Å². The van der Waals surface area contributed by atoms with E-state index in [0.29, 0.717) is 15.8 Å². The van der Waals surface area contributed by atoms with E-state index >= 15 is 0 Å². The molecule has 0 aliphatic carbocycles. The first-order valence-electron chi connectivity index (χ1n) is 9.57. The van der Waals surface area contributed by atoms with E-state index in [1.807, 2.05) is 19.9 Å². The minimum absolute atomic E-state index is 0.0924. The first kappa shape index (κ1) is 20.5. The highest BCUT2D eigenvalue weighted by molar-refractivity contribution is 6.01. The Morgan fingerprint density at radius 1 is 1.06 bits per heavy atom. The van der Waals surface area contributed by atoms with Crippen LogP contribution in [0.4, 0.5) is 18.9 Å². The average Bonchev–Trinajstić information content (AvgIpc) is 3.17. The summed E-state index contributed by atoms with van der Waals surface area (Å²) < 4.78 is 41.7. The Bertz CT molecular complexity index is 1260. The molecule has 0 saturated carbocycles. The quantitative estimate of drug-likeness (QED) is 0.503. The Morgan fingerprint density at radius 2 is 1.81 bits per heavy atom. The molecular weight excluding hydrogens is 407 g/mol. The number of amides is 1. The maximum absolute atomic E-state index is 13.7. The Morgan fingerprint density at radius 3 is 2.48 bits per heavy atom. The molecule has 0 aliphatic rings. The lowest BCUT2D eigenvalue weighted by Gasteiger charge is -2.10. The molecule has 1 amide bonds. The van der Waals surface area contributed by atoms with Crippen LogP contribution < -0.4 is 5.32 Å². The molecule has 0 spiro atoms. The van der Waals surface area contributed by atoms with Crippen LogP contribution in [0.3, 0.4) is 0 Å². The number of nitrogens with zero attached hydrogens (tertiary/aromatic N) is 4. The summed E-state index contributed by atoms with van der Waals surface area (Å²) in [5.41, 5.74) is 2.01. The second kappa shape index (κ2) is 7.82. The van der Waals surface area contributed by atoms with Crippen molar-refractivity contribution >= 4 is 17.4 Å². The van der Waals surface area contributed by atoms with Crippen LogP contribution in [0.1, 0.15) is 34.4 Å². The molecule has 4 aromatic rings. The molecule has 4 rings (SSSR count). The molecule has 1 N–H and O–H groups in total. The SMILES string of the molecule is CCc1cccc(NC(=O)c2nc3nc(-c4ccc(C)cc4)cc(C(F)(F)F)n3n2)c1. The van der Waals surface area contributed by atoms with Gasteiger partial charge in [0, 0.05) is 11.3 Å². The smallest absolute Gasteiger partial charge is 0.319 e. The van der Waals surface area contributed by atoms with Gasteiger partial charge in [-0.1, -0.05) is 48.9 Å². The number of hydrogen-bond donors (Lipinski definition) is 1. The summed E-state index contributed by atoms with van der Waals surface area (Å²) in [6.07, 6.45) is -3.94. The Balaban J connectivity index is 1.76. The van der Waals surface area contributed by atoms with Gasteiger partial charge in [0.2, 0.25) is 5.82 Å². The Hall–Kier alpha value is -3.75. The number of carbonyl (C=O) groups excluding carboxylic acids is 1. The van der Waals surface area contributed by atoms with Crippen molar-refractivity contribution in [1.82, 2.24) is 19.6 Å². The summed E-state index contributed by atoms with van der Waals surface area (Å²) in [6.45, 7) is 3.85. The van der Waals surface area contributed by atoms with E-state index in [4.69, 9.17) is 0 Å². The van der Waals surface area contributed by atoms with Crippen molar-refractivity contribution in [1.29, 1.82) is 0 Å². The molecule has 0 radical (unpaired) electrons. The van der Waals surface area contributed by atoms with Crippen LogP contribution in [-0.4, -0.2) is 25.5 Å². The molecule has 0 bridgehead atoms. The van der Waals surface area contributed by atoms with Gasteiger partial charge in [-0.3, -0.25) is 4.79 Å². The lowest BCUT2D eigenvalue weighted by Crippen LogP contribution is -2.16. The van der Waals surface area contributed by atoms with Gasteiger partial charge in [0.25, 0.3) is 11.7 Å². The zero-order valence-corrected chi connectivity index (χ0v) is 16.7. The van der Waals surface area contributed by atoms with Crippen LogP contribution in [0.25, 0.3) is 17.0 Å². The van der Waals surface area contributed by atoms with Gasteiger partial charge in [0.1, 0.15) is 0 Å². The molecule has 9 heteroatoms. The number of aryl methyl sites for hydroxylation is 2. The van der Waals surface area contributed by atoms with Crippen molar-refractivity contribution in [2.45, 2.75) is 26.4 Å². The minimum Gasteiger partial charge on any atom is -0.319 e. The van der Waals surface area contributed by atoms with Gasteiger partial charge >= 0.3 is 6.18 Å². The third-order valence-corrected chi connectivity index (χ3v) is 4.75. The number of aromatic nitrogens is 4. The molecule has 158 valence electrons. The summed E-state index contributed by atoms with van der Waals surface area (Å²) in [5, 5.41) is 6.40. The van der Waals surface area contributed by atoms with Gasteiger partial charge in [-0.2, -0.15) is 22.7 Å². The average molecular weight is 425 g/mol. The predicted molar refractivity (Wildman–Crippen MR) is 110 cm³/mol. The zero-order chi connectivity index (χ0) is 22.2. The molecule has 2 aromatic heterocycles. The number of fused-ring (bicyclic) bond motifs is 1. The van der Waals surface area contributed by atoms with Gasteiger partial charge in [-0.15, -0.1) is 5.10 Å². The highest BCUT2D eigenvalue weighted by Gasteiger charge is 2.36. The van der Waals surface area contributed by atoms with Crippen LogP contribution in [0.15, 0.2) is 54.6 Å². The van der Waals surface area contributed by atoms with E-state index < -0.39 is 23.6 Å². The molecule has 6 nitrogen and oxygen atoms in total. The van der Waals surface area contributed by atoms with Gasteiger partial charge < -0.3 is 5.32 Å². The van der Waals surface area contributed by atoms with E-state index in [2.05, 4.69) is 20.4 Å². The largest absolute Gasteiger partial charge is 0.433 e. The number of anilines is 1. The third kappa shape index (κ3) is 4.25. The van der Waals surface area contributed by atoms with E-state index in [-0.39, 0.29) is 11.5 Å². The standard InChI is InChI=1S/C22H18F3N5O/c1-3-14-5-4-6-16(11-14)26-20(31)19-28-21-27-17(15-9-7-13(2)8-10-15)12-18(22(23,24)25)30(21)29-19/h4-12H,3H2,1-2H3,(H,26,31). The highest BCUT2D eigenvalue weighted by Crippen LogP contribution is 2.32. The van der Waals surface area contributed by atoms with Crippen molar-refractivity contribution < 1.29 is 18.0 Å². The lowest BCUT2D eigenvalue weighted by atomic mass is 10.1. The molecule has 0 unspecified atom stereocenters. The first-order chi connectivity index (χ1) is 14.7. The number of rotatable bonds is 4. The minimum atomic E-state index is -4.71. The summed E-state index contributed by atoms with van der Waals surface area (Å²) in [6, 6.07) is 15.0. The van der Waals surface area contributed by atoms with E-state index in [1.54, 1.807) is 42.5 Å². The normalized spacial score (nSPS) is 11.6. The molecule has 2 aromatic carbocycles. The molecule has 31 heavy (non-hydrogen) atoms. The monoisotopic (exact) mass is 425 g/mol.